The topological polar surface area (TPSA) is 203 Å². The molecule has 13 nitrogen and oxygen atoms in total. The van der Waals surface area contributed by atoms with Crippen LogP contribution < -0.4 is 11.1 Å². The molecule has 43 heavy (non-hydrogen) atoms. The first-order valence-electron chi connectivity index (χ1n) is 13.1. The number of carbonyl (C=O) groups excluding carboxylic acids is 4. The van der Waals surface area contributed by atoms with Gasteiger partial charge in [-0.05, 0) is 32.9 Å². The number of aliphatic hydroxyl groups is 3. The summed E-state index contributed by atoms with van der Waals surface area (Å²) in [7, 11) is 2.97. The van der Waals surface area contributed by atoms with E-state index >= 15 is 4.39 Å². The van der Waals surface area contributed by atoms with Gasteiger partial charge in [0.2, 0.25) is 11.7 Å². The summed E-state index contributed by atoms with van der Waals surface area (Å²) in [5.74, 6) is -9.77. The average Bonchev–Trinajstić information content (AvgIpc) is 2.89. The van der Waals surface area contributed by atoms with Crippen molar-refractivity contribution in [3.63, 3.8) is 0 Å². The van der Waals surface area contributed by atoms with E-state index in [-0.39, 0.29) is 55.5 Å². The van der Waals surface area contributed by atoms with Gasteiger partial charge >= 0.3 is 0 Å². The smallest absolute Gasteiger partial charge is 0.255 e. The maximum atomic E-state index is 15.4. The van der Waals surface area contributed by atoms with Crippen LogP contribution >= 0.6 is 24.8 Å². The number of carbonyl (C=O) groups is 4. The molecule has 1 saturated carbocycles. The highest BCUT2D eigenvalue weighted by Crippen LogP contribution is 2.53. The highest BCUT2D eigenvalue weighted by Gasteiger charge is 2.64. The van der Waals surface area contributed by atoms with Gasteiger partial charge in [-0.1, -0.05) is 0 Å². The molecular formula is C27H33Cl2FN4O9. The molecule has 7 N–H and O–H groups in total. The van der Waals surface area contributed by atoms with Crippen molar-refractivity contribution in [2.24, 2.45) is 17.6 Å². The summed E-state index contributed by atoms with van der Waals surface area (Å²) in [6, 6.07) is -0.319. The first-order chi connectivity index (χ1) is 19.3. The van der Waals surface area contributed by atoms with Crippen LogP contribution in [0, 0.1) is 17.7 Å². The predicted molar refractivity (Wildman–Crippen MR) is 155 cm³/mol. The van der Waals surface area contributed by atoms with E-state index in [1.807, 2.05) is 4.90 Å². The summed E-state index contributed by atoms with van der Waals surface area (Å²) in [5, 5.41) is 47.2. The molecular weight excluding hydrogens is 614 g/mol. The van der Waals surface area contributed by atoms with Crippen molar-refractivity contribution < 1.29 is 48.7 Å². The van der Waals surface area contributed by atoms with Crippen LogP contribution in [0.15, 0.2) is 23.0 Å². The first-order valence-corrected chi connectivity index (χ1v) is 13.1. The minimum atomic E-state index is -2.80. The predicted octanol–water partition coefficient (Wildman–Crippen LogP) is 0.217. The van der Waals surface area contributed by atoms with Gasteiger partial charge in [-0.2, -0.15) is 0 Å². The van der Waals surface area contributed by atoms with Crippen LogP contribution in [0.5, 0.6) is 5.75 Å². The number of nitrogens with two attached hydrogens (primary N) is 1. The Bertz CT molecular complexity index is 1440. The summed E-state index contributed by atoms with van der Waals surface area (Å²) in [6.45, 7) is 1.87. The van der Waals surface area contributed by atoms with E-state index in [0.717, 1.165) is 6.07 Å². The van der Waals surface area contributed by atoms with E-state index in [1.165, 1.54) is 19.0 Å². The second-order valence-electron chi connectivity index (χ2n) is 11.0. The van der Waals surface area contributed by atoms with Crippen molar-refractivity contribution in [3.8, 4) is 5.75 Å². The van der Waals surface area contributed by atoms with Gasteiger partial charge in [0.25, 0.3) is 5.91 Å². The van der Waals surface area contributed by atoms with Crippen LogP contribution in [-0.4, -0.2) is 112 Å². The normalized spacial score (nSPS) is 27.0. The number of benzene rings is 1. The average molecular weight is 647 g/mol. The highest BCUT2D eigenvalue weighted by molar-refractivity contribution is 6.24. The Hall–Kier alpha value is -3.27. The number of hydrogen-bond donors (Lipinski definition) is 6. The van der Waals surface area contributed by atoms with Gasteiger partial charge in [0.1, 0.15) is 22.9 Å². The maximum Gasteiger partial charge on any atom is 0.255 e. The molecule has 5 rings (SSSR count). The number of nitrogens with one attached hydrogen (secondary N) is 1. The van der Waals surface area contributed by atoms with Crippen molar-refractivity contribution in [2.75, 3.05) is 52.3 Å². The molecule has 1 aliphatic heterocycles. The third kappa shape index (κ3) is 5.36. The molecule has 0 unspecified atom stereocenters. The lowest BCUT2D eigenvalue weighted by Gasteiger charge is -2.50. The molecule has 1 aromatic carbocycles. The fraction of sp³-hybridized carbons (Fsp3) is 0.481. The van der Waals surface area contributed by atoms with Crippen molar-refractivity contribution in [1.29, 1.82) is 0 Å². The number of Topliss-reactive ketones (excluding diaryl/α,β-unsaturated/α-hetero) is 2. The van der Waals surface area contributed by atoms with Crippen molar-refractivity contribution in [2.45, 2.75) is 24.5 Å². The number of aliphatic hydroxyl groups excluding tert-OH is 2. The molecule has 4 aliphatic rings. The number of fused-ring (bicyclic) bond motifs is 3. The lowest BCUT2D eigenvalue weighted by molar-refractivity contribution is -0.153. The Morgan fingerprint density at radius 3 is 2.40 bits per heavy atom. The number of rotatable bonds is 5. The van der Waals surface area contributed by atoms with Crippen LogP contribution in [0.4, 0.5) is 10.1 Å². The Balaban J connectivity index is 0.00000253. The zero-order chi connectivity index (χ0) is 30.0. The molecule has 4 atom stereocenters. The van der Waals surface area contributed by atoms with Crippen molar-refractivity contribution in [1.82, 2.24) is 9.80 Å². The van der Waals surface area contributed by atoms with E-state index in [2.05, 4.69) is 5.32 Å². The summed E-state index contributed by atoms with van der Waals surface area (Å²) >= 11 is 0. The molecule has 0 spiro atoms. The largest absolute Gasteiger partial charge is 0.508 e. The zero-order valence-electron chi connectivity index (χ0n) is 23.3. The first kappa shape index (κ1) is 34.2. The number of anilines is 1. The minimum absolute atomic E-state index is 0. The Labute approximate surface area is 258 Å². The minimum Gasteiger partial charge on any atom is -0.508 e. The summed E-state index contributed by atoms with van der Waals surface area (Å²) in [6.07, 6.45) is -0.361. The number of likely N-dealkylation sites (N-methyl/N-ethyl adjacent to an activating group) is 1. The van der Waals surface area contributed by atoms with E-state index in [0.29, 0.717) is 26.3 Å². The third-order valence-electron chi connectivity index (χ3n) is 8.41. The molecule has 0 bridgehead atoms. The number of aromatic hydroxyl groups is 1. The molecule has 1 aromatic rings. The summed E-state index contributed by atoms with van der Waals surface area (Å²) in [4.78, 5) is 54.9. The van der Waals surface area contributed by atoms with E-state index in [1.54, 1.807) is 0 Å². The van der Waals surface area contributed by atoms with Crippen molar-refractivity contribution in [3.05, 3.63) is 39.9 Å². The second-order valence-corrected chi connectivity index (χ2v) is 11.0. The van der Waals surface area contributed by atoms with E-state index in [4.69, 9.17) is 10.5 Å². The van der Waals surface area contributed by atoms with Crippen LogP contribution in [0.2, 0.25) is 0 Å². The van der Waals surface area contributed by atoms with Gasteiger partial charge < -0.3 is 36.2 Å². The SMILES string of the molecule is CN(C)[C@@H]1C(=O)C(C(N)=O)=C(O)[C@@]2(O)C(=O)C3=C(O)c4c(O)c(NC(=O)CN5CCOCC5)cc(F)c4C[C@H]3C[C@@H]12.Cl.Cl. The standard InChI is InChI=1S/C27H31FN4O9.2ClH/c1-31(2)20-13-8-11-7-12-14(28)9-15(30-16(33)10-32-3-5-41-6-4-32)21(34)18(12)22(35)17(11)24(37)27(13,40)25(38)19(23(20)36)26(29)39;;/h9,11,13,20,34-35,38,40H,3-8,10H2,1-2H3,(H2,29,39)(H,30,33);2*1H/t11-,13-,20-,27-;;/m0../s1. The van der Waals surface area contributed by atoms with Gasteiger partial charge in [0.15, 0.2) is 17.1 Å². The number of nitrogens with zero attached hydrogens (tertiary/aromatic N) is 2. The molecule has 16 heteroatoms. The molecule has 0 aromatic heterocycles. The third-order valence-corrected chi connectivity index (χ3v) is 8.41. The lowest BCUT2D eigenvalue weighted by Crippen LogP contribution is -2.65. The molecule has 0 radical (unpaired) electrons. The number of halogens is 3. The number of phenolic OH excluding ortho intramolecular Hbond substituents is 1. The summed E-state index contributed by atoms with van der Waals surface area (Å²) < 4.78 is 20.7. The maximum absolute atomic E-state index is 15.4. The summed E-state index contributed by atoms with van der Waals surface area (Å²) in [5.41, 5.74) is 0.270. The Kier molecular flexibility index (Phi) is 9.85. The van der Waals surface area contributed by atoms with Crippen molar-refractivity contribution >= 4 is 59.6 Å². The van der Waals surface area contributed by atoms with Crippen LogP contribution in [-0.2, 0) is 30.3 Å². The monoisotopic (exact) mass is 646 g/mol. The van der Waals surface area contributed by atoms with Gasteiger partial charge in [0, 0.05) is 36.2 Å². The molecule has 2 fully saturated rings. The van der Waals surface area contributed by atoms with E-state index < -0.39 is 86.7 Å². The molecule has 3 aliphatic carbocycles. The van der Waals surface area contributed by atoms with Crippen LogP contribution in [0.3, 0.4) is 0 Å². The molecule has 1 saturated heterocycles. The van der Waals surface area contributed by atoms with Gasteiger partial charge in [-0.15, -0.1) is 24.8 Å². The number of amides is 2. The number of ether oxygens (including phenoxy) is 1. The van der Waals surface area contributed by atoms with Gasteiger partial charge in [-0.25, -0.2) is 4.39 Å². The molecule has 2 amide bonds. The number of hydrogen-bond acceptors (Lipinski definition) is 11. The number of phenols is 1. The lowest BCUT2D eigenvalue weighted by atomic mass is 9.57. The number of ketones is 2. The van der Waals surface area contributed by atoms with Gasteiger partial charge in [0.05, 0.1) is 37.1 Å². The fourth-order valence-corrected chi connectivity index (χ4v) is 6.51. The zero-order valence-corrected chi connectivity index (χ0v) is 24.9. The highest BCUT2D eigenvalue weighted by atomic mass is 35.5. The van der Waals surface area contributed by atoms with Gasteiger partial charge in [-0.3, -0.25) is 29.0 Å². The molecule has 1 heterocycles. The molecule has 236 valence electrons. The van der Waals surface area contributed by atoms with Crippen LogP contribution in [0.25, 0.3) is 5.76 Å². The Morgan fingerprint density at radius 2 is 1.81 bits per heavy atom. The second kappa shape index (κ2) is 12.4. The fourth-order valence-electron chi connectivity index (χ4n) is 6.51. The quantitative estimate of drug-likeness (QED) is 0.189. The Morgan fingerprint density at radius 1 is 1.19 bits per heavy atom. The number of primary amides is 1. The number of morpholine rings is 1. The van der Waals surface area contributed by atoms with E-state index in [9.17, 15) is 39.6 Å². The van der Waals surface area contributed by atoms with Crippen LogP contribution in [0.1, 0.15) is 17.5 Å².